The van der Waals surface area contributed by atoms with Crippen LogP contribution in [0.25, 0.3) is 11.6 Å². The first kappa shape index (κ1) is 16.5. The van der Waals surface area contributed by atoms with Gasteiger partial charge in [0.25, 0.3) is 5.91 Å². The summed E-state index contributed by atoms with van der Waals surface area (Å²) in [5, 5.41) is 2.69. The van der Waals surface area contributed by atoms with E-state index in [9.17, 15) is 4.79 Å². The molecule has 0 radical (unpaired) electrons. The van der Waals surface area contributed by atoms with Crippen molar-refractivity contribution in [2.45, 2.75) is 26.8 Å². The Bertz CT molecular complexity index is 876. The second-order valence-electron chi connectivity index (χ2n) is 5.27. The summed E-state index contributed by atoms with van der Waals surface area (Å²) < 4.78 is 5.19. The topological polar surface area (TPSA) is 133 Å². The summed E-state index contributed by atoms with van der Waals surface area (Å²) in [7, 11) is 0. The maximum atomic E-state index is 12.3. The summed E-state index contributed by atoms with van der Waals surface area (Å²) in [5.74, 6) is 0.354. The highest BCUT2D eigenvalue weighted by atomic mass is 16.3. The van der Waals surface area contributed by atoms with Gasteiger partial charge in [0.1, 0.15) is 17.8 Å². The molecule has 0 aliphatic heterocycles. The summed E-state index contributed by atoms with van der Waals surface area (Å²) in [6.07, 6.45) is 7.25. The smallest absolute Gasteiger partial charge is 0.274 e. The van der Waals surface area contributed by atoms with Gasteiger partial charge in [-0.15, -0.1) is 0 Å². The van der Waals surface area contributed by atoms with Crippen molar-refractivity contribution in [3.05, 3.63) is 47.6 Å². The van der Waals surface area contributed by atoms with Crippen LogP contribution in [0.4, 0.5) is 5.82 Å². The first-order valence-corrected chi connectivity index (χ1v) is 7.70. The van der Waals surface area contributed by atoms with Crippen LogP contribution in [0.1, 0.15) is 34.5 Å². The van der Waals surface area contributed by atoms with Crippen molar-refractivity contribution in [2.24, 2.45) is 0 Å². The van der Waals surface area contributed by atoms with E-state index in [4.69, 9.17) is 10.2 Å². The Kier molecular flexibility index (Phi) is 4.64. The minimum absolute atomic E-state index is 0.00134. The van der Waals surface area contributed by atoms with E-state index in [1.54, 1.807) is 19.3 Å². The number of rotatable bonds is 5. The van der Waals surface area contributed by atoms with Gasteiger partial charge in [-0.05, 0) is 18.9 Å². The normalized spacial score (nSPS) is 10.6. The number of nitrogens with zero attached hydrogens (tertiary/aromatic N) is 5. The summed E-state index contributed by atoms with van der Waals surface area (Å²) in [5.41, 5.74) is 7.83. The third-order valence-corrected chi connectivity index (χ3v) is 3.52. The van der Waals surface area contributed by atoms with Crippen LogP contribution in [0.15, 0.2) is 29.3 Å². The predicted octanol–water partition coefficient (Wildman–Crippen LogP) is 1.30. The van der Waals surface area contributed by atoms with Gasteiger partial charge in [0.15, 0.2) is 11.5 Å². The van der Waals surface area contributed by atoms with Gasteiger partial charge >= 0.3 is 0 Å². The molecule has 128 valence electrons. The predicted molar refractivity (Wildman–Crippen MR) is 89.3 cm³/mol. The van der Waals surface area contributed by atoms with Crippen molar-refractivity contribution in [1.82, 2.24) is 30.2 Å². The van der Waals surface area contributed by atoms with Crippen molar-refractivity contribution < 1.29 is 9.21 Å². The third kappa shape index (κ3) is 3.60. The summed E-state index contributed by atoms with van der Waals surface area (Å²) in [4.78, 5) is 33.1. The van der Waals surface area contributed by atoms with E-state index in [1.165, 1.54) is 12.5 Å². The molecule has 0 spiro atoms. The molecule has 0 aromatic carbocycles. The average Bonchev–Trinajstić information content (AvgIpc) is 3.16. The first-order chi connectivity index (χ1) is 12.1. The number of aromatic nitrogens is 5. The molecule has 25 heavy (non-hydrogen) atoms. The second-order valence-corrected chi connectivity index (χ2v) is 5.27. The van der Waals surface area contributed by atoms with Crippen molar-refractivity contribution in [3.63, 3.8) is 0 Å². The molecule has 9 heteroatoms. The van der Waals surface area contributed by atoms with Gasteiger partial charge in [-0.25, -0.2) is 24.9 Å². The average molecular weight is 339 g/mol. The zero-order valence-electron chi connectivity index (χ0n) is 13.9. The zero-order valence-corrected chi connectivity index (χ0v) is 13.9. The van der Waals surface area contributed by atoms with Crippen LogP contribution in [-0.4, -0.2) is 30.8 Å². The fourth-order valence-electron chi connectivity index (χ4n) is 2.14. The molecule has 0 atom stereocenters. The van der Waals surface area contributed by atoms with Gasteiger partial charge in [-0.3, -0.25) is 4.79 Å². The van der Waals surface area contributed by atoms with Crippen LogP contribution in [-0.2, 0) is 13.0 Å². The molecule has 0 saturated heterocycles. The highest BCUT2D eigenvalue weighted by Gasteiger charge is 2.18. The minimum Gasteiger partial charge on any atom is -0.443 e. The van der Waals surface area contributed by atoms with Crippen LogP contribution in [0.3, 0.4) is 0 Å². The zero-order chi connectivity index (χ0) is 17.8. The molecule has 0 saturated carbocycles. The summed E-state index contributed by atoms with van der Waals surface area (Å²) >= 11 is 0. The van der Waals surface area contributed by atoms with Crippen LogP contribution >= 0.6 is 0 Å². The molecule has 0 aliphatic carbocycles. The van der Waals surface area contributed by atoms with Gasteiger partial charge in [0.05, 0.1) is 18.4 Å². The van der Waals surface area contributed by atoms with E-state index in [0.29, 0.717) is 23.1 Å². The van der Waals surface area contributed by atoms with E-state index in [-0.39, 0.29) is 18.1 Å². The Morgan fingerprint density at radius 3 is 2.64 bits per heavy atom. The molecule has 9 nitrogen and oxygen atoms in total. The molecule has 3 aromatic rings. The molecule has 3 aromatic heterocycles. The van der Waals surface area contributed by atoms with Gasteiger partial charge in [0, 0.05) is 12.4 Å². The number of aryl methyl sites for hydroxylation is 2. The highest BCUT2D eigenvalue weighted by Crippen LogP contribution is 2.20. The second kappa shape index (κ2) is 7.04. The molecule has 3 N–H and O–H groups in total. The molecule has 0 bridgehead atoms. The van der Waals surface area contributed by atoms with Crippen LogP contribution in [0.2, 0.25) is 0 Å². The van der Waals surface area contributed by atoms with E-state index in [0.717, 1.165) is 12.0 Å². The van der Waals surface area contributed by atoms with Crippen LogP contribution < -0.4 is 11.1 Å². The lowest BCUT2D eigenvalue weighted by atomic mass is 10.2. The number of anilines is 1. The lowest BCUT2D eigenvalue weighted by Crippen LogP contribution is -2.26. The van der Waals surface area contributed by atoms with Crippen LogP contribution in [0.5, 0.6) is 0 Å². The maximum Gasteiger partial charge on any atom is 0.274 e. The van der Waals surface area contributed by atoms with Gasteiger partial charge in [-0.2, -0.15) is 0 Å². The Hall–Kier alpha value is -3.36. The first-order valence-electron chi connectivity index (χ1n) is 7.70. The van der Waals surface area contributed by atoms with E-state index >= 15 is 0 Å². The molecule has 1 amide bonds. The highest BCUT2D eigenvalue weighted by molar-refractivity contribution is 5.96. The van der Waals surface area contributed by atoms with Crippen molar-refractivity contribution in [3.8, 4) is 11.6 Å². The maximum absolute atomic E-state index is 12.3. The quantitative estimate of drug-likeness (QED) is 0.710. The Morgan fingerprint density at radius 1 is 1.24 bits per heavy atom. The molecule has 0 aliphatic rings. The monoisotopic (exact) mass is 339 g/mol. The Labute approximate surface area is 143 Å². The molecular formula is C16H17N7O2. The van der Waals surface area contributed by atoms with E-state index in [1.807, 2.05) is 6.92 Å². The lowest BCUT2D eigenvalue weighted by molar-refractivity contribution is 0.0945. The number of hydrogen-bond acceptors (Lipinski definition) is 8. The van der Waals surface area contributed by atoms with Crippen LogP contribution in [0, 0.1) is 6.92 Å². The number of hydrogen-bond donors (Lipinski definition) is 2. The fraction of sp³-hybridized carbons (Fsp3) is 0.250. The van der Waals surface area contributed by atoms with Crippen molar-refractivity contribution in [2.75, 3.05) is 5.73 Å². The number of oxazole rings is 1. The van der Waals surface area contributed by atoms with Gasteiger partial charge in [0.2, 0.25) is 5.89 Å². The Morgan fingerprint density at radius 2 is 2.00 bits per heavy atom. The largest absolute Gasteiger partial charge is 0.443 e. The van der Waals surface area contributed by atoms with E-state index < -0.39 is 5.91 Å². The van der Waals surface area contributed by atoms with Gasteiger partial charge < -0.3 is 15.5 Å². The third-order valence-electron chi connectivity index (χ3n) is 3.52. The molecule has 0 fully saturated rings. The van der Waals surface area contributed by atoms with Gasteiger partial charge in [-0.1, -0.05) is 6.92 Å². The van der Waals surface area contributed by atoms with Crippen molar-refractivity contribution >= 4 is 11.7 Å². The molecule has 3 rings (SSSR count). The number of amides is 1. The SMILES string of the molecule is CCc1cnc(CNC(=O)c2nc(C)c(-c3ncco3)nc2N)nc1. The minimum atomic E-state index is -0.449. The molecule has 3 heterocycles. The summed E-state index contributed by atoms with van der Waals surface area (Å²) in [6.45, 7) is 3.89. The number of nitrogens with one attached hydrogen (secondary N) is 1. The summed E-state index contributed by atoms with van der Waals surface area (Å²) in [6, 6.07) is 0. The van der Waals surface area contributed by atoms with Crippen molar-refractivity contribution in [1.29, 1.82) is 0 Å². The lowest BCUT2D eigenvalue weighted by Gasteiger charge is -2.08. The molecular weight excluding hydrogens is 322 g/mol. The molecule has 0 unspecified atom stereocenters. The van der Waals surface area contributed by atoms with E-state index in [2.05, 4.69) is 30.2 Å². The Balaban J connectivity index is 1.74. The number of carbonyl (C=O) groups is 1. The number of nitrogen functional groups attached to an aromatic ring is 1. The standard InChI is InChI=1S/C16H17N7O2/c1-3-10-6-19-11(20-7-10)8-21-15(24)13-14(17)23-12(9(2)22-13)16-18-4-5-25-16/h4-7H,3,8H2,1-2H3,(H2,17,23)(H,21,24). The number of carbonyl (C=O) groups excluding carboxylic acids is 1. The number of nitrogens with two attached hydrogens (primary N) is 1. The fourth-order valence-corrected chi connectivity index (χ4v) is 2.14.